The van der Waals surface area contributed by atoms with Gasteiger partial charge in [-0.3, -0.25) is 9.36 Å². The van der Waals surface area contributed by atoms with Gasteiger partial charge in [-0.05, 0) is 58.2 Å². The minimum atomic E-state index is -1.03. The fraction of sp³-hybridized carbons (Fsp3) is 0.150. The summed E-state index contributed by atoms with van der Waals surface area (Å²) in [6.45, 7) is 0.935. The maximum absolute atomic E-state index is 14.2. The van der Waals surface area contributed by atoms with Crippen LogP contribution in [-0.4, -0.2) is 15.6 Å². The van der Waals surface area contributed by atoms with Gasteiger partial charge in [0.15, 0.2) is 0 Å². The van der Waals surface area contributed by atoms with Crippen LogP contribution >= 0.6 is 15.9 Å². The third kappa shape index (κ3) is 4.88. The number of hydrogen-bond donors (Lipinski definition) is 1. The predicted molar refractivity (Wildman–Crippen MR) is 107 cm³/mol. The Labute approximate surface area is 182 Å². The number of primary amides is 1. The van der Waals surface area contributed by atoms with E-state index in [0.29, 0.717) is 11.1 Å². The number of halogens is 4. The lowest BCUT2D eigenvalue weighted by atomic mass is 10.1. The molecule has 0 fully saturated rings. The normalized spacial score (nSPS) is 10.7. The quantitative estimate of drug-likeness (QED) is 0.557. The van der Waals surface area contributed by atoms with Crippen LogP contribution in [0.2, 0.25) is 0 Å². The van der Waals surface area contributed by atoms with E-state index in [9.17, 15) is 22.8 Å². The van der Waals surface area contributed by atoms with E-state index >= 15 is 0 Å². The van der Waals surface area contributed by atoms with Gasteiger partial charge in [0.05, 0.1) is 0 Å². The molecule has 0 spiro atoms. The molecular weight excluding hydrogens is 483 g/mol. The molecule has 7 nitrogen and oxygen atoms in total. The zero-order chi connectivity index (χ0) is 22.7. The molecule has 0 bridgehead atoms. The third-order valence-electron chi connectivity index (χ3n) is 4.23. The summed E-state index contributed by atoms with van der Waals surface area (Å²) in [4.78, 5) is 27.7. The van der Waals surface area contributed by atoms with Gasteiger partial charge >= 0.3 is 6.09 Å². The number of nitrogens with zero attached hydrogens (tertiary/aromatic N) is 2. The summed E-state index contributed by atoms with van der Waals surface area (Å²) in [5, 5.41) is 0. The molecule has 0 radical (unpaired) electrons. The van der Waals surface area contributed by atoms with Gasteiger partial charge in [0.2, 0.25) is 5.88 Å². The molecule has 3 aromatic rings. The van der Waals surface area contributed by atoms with Crippen LogP contribution in [-0.2, 0) is 18.0 Å². The van der Waals surface area contributed by atoms with Gasteiger partial charge in [0.1, 0.15) is 46.6 Å². The number of para-hydroxylation sites is 1. The monoisotopic (exact) mass is 497 g/mol. The Balaban J connectivity index is 1.93. The highest BCUT2D eigenvalue weighted by molar-refractivity contribution is 9.10. The van der Waals surface area contributed by atoms with Gasteiger partial charge in [0, 0.05) is 0 Å². The van der Waals surface area contributed by atoms with Crippen LogP contribution in [0, 0.1) is 24.4 Å². The zero-order valence-corrected chi connectivity index (χ0v) is 17.6. The Hall–Kier alpha value is -3.34. The number of carbonyl (C=O) groups is 1. The van der Waals surface area contributed by atoms with E-state index in [-0.39, 0.29) is 29.4 Å². The number of amides is 1. The standard InChI is InChI=1S/C20H15BrF3N3O4/c1-10-26-18(16(21)19(28)27(10)17-14(23)3-2-4-15(17)24)30-8-11-5-6-13(22)7-12(11)9-31-20(25)29/h2-7H,8-9H2,1H3,(H2,25,29). The Kier molecular flexibility index (Phi) is 6.64. The van der Waals surface area contributed by atoms with E-state index in [0.717, 1.165) is 22.8 Å². The molecule has 0 unspecified atom stereocenters. The first-order valence-electron chi connectivity index (χ1n) is 8.75. The van der Waals surface area contributed by atoms with Crippen molar-refractivity contribution in [2.75, 3.05) is 0 Å². The van der Waals surface area contributed by atoms with E-state index in [2.05, 4.69) is 20.9 Å². The molecule has 0 saturated heterocycles. The van der Waals surface area contributed by atoms with Crippen LogP contribution in [0.5, 0.6) is 5.88 Å². The van der Waals surface area contributed by atoms with Gasteiger partial charge in [-0.15, -0.1) is 0 Å². The number of hydrogen-bond acceptors (Lipinski definition) is 5. The molecule has 1 amide bonds. The second-order valence-corrected chi connectivity index (χ2v) is 7.09. The minimum absolute atomic E-state index is 0.0245. The number of rotatable bonds is 6. The second-order valence-electron chi connectivity index (χ2n) is 6.30. The number of aromatic nitrogens is 2. The van der Waals surface area contributed by atoms with Crippen molar-refractivity contribution in [3.05, 3.63) is 85.6 Å². The number of carbonyl (C=O) groups excluding carboxylic acids is 1. The first kappa shape index (κ1) is 22.3. The maximum Gasteiger partial charge on any atom is 0.404 e. The average Bonchev–Trinajstić information content (AvgIpc) is 2.71. The molecule has 0 saturated carbocycles. The van der Waals surface area contributed by atoms with Crippen LogP contribution in [0.15, 0.2) is 45.7 Å². The molecular formula is C20H15BrF3N3O4. The molecule has 1 aromatic heterocycles. The van der Waals surface area contributed by atoms with E-state index in [1.54, 1.807) is 0 Å². The number of nitrogens with two attached hydrogens (primary N) is 1. The smallest absolute Gasteiger partial charge is 0.404 e. The van der Waals surface area contributed by atoms with Crippen LogP contribution in [0.4, 0.5) is 18.0 Å². The molecule has 0 aliphatic carbocycles. The summed E-state index contributed by atoms with van der Waals surface area (Å²) in [7, 11) is 0. The lowest BCUT2D eigenvalue weighted by Crippen LogP contribution is -2.25. The summed E-state index contributed by atoms with van der Waals surface area (Å²) in [5.41, 5.74) is 4.33. The largest absolute Gasteiger partial charge is 0.472 e. The van der Waals surface area contributed by atoms with Crippen LogP contribution < -0.4 is 16.0 Å². The highest BCUT2D eigenvalue weighted by Crippen LogP contribution is 2.24. The molecule has 11 heteroatoms. The highest BCUT2D eigenvalue weighted by atomic mass is 79.9. The summed E-state index contributed by atoms with van der Waals surface area (Å²) in [6.07, 6.45) is -1.03. The van der Waals surface area contributed by atoms with Crippen molar-refractivity contribution in [1.82, 2.24) is 9.55 Å². The Morgan fingerprint density at radius 2 is 1.81 bits per heavy atom. The van der Waals surface area contributed by atoms with Gasteiger partial charge in [-0.25, -0.2) is 18.0 Å². The van der Waals surface area contributed by atoms with E-state index in [4.69, 9.17) is 15.2 Å². The second kappa shape index (κ2) is 9.21. The van der Waals surface area contributed by atoms with Crippen LogP contribution in [0.3, 0.4) is 0 Å². The molecule has 162 valence electrons. The third-order valence-corrected chi connectivity index (χ3v) is 4.91. The SMILES string of the molecule is Cc1nc(OCc2ccc(F)cc2COC(N)=O)c(Br)c(=O)n1-c1c(F)cccc1F. The van der Waals surface area contributed by atoms with Crippen molar-refractivity contribution in [2.45, 2.75) is 20.1 Å². The van der Waals surface area contributed by atoms with E-state index in [1.807, 2.05) is 0 Å². The van der Waals surface area contributed by atoms with Crippen LogP contribution in [0.25, 0.3) is 5.69 Å². The molecule has 0 aliphatic heterocycles. The Morgan fingerprint density at radius 1 is 1.13 bits per heavy atom. The van der Waals surface area contributed by atoms with E-state index < -0.39 is 34.8 Å². The summed E-state index contributed by atoms with van der Waals surface area (Å²) >= 11 is 3.05. The van der Waals surface area contributed by atoms with Crippen molar-refractivity contribution < 1.29 is 27.4 Å². The van der Waals surface area contributed by atoms with Gasteiger partial charge in [-0.1, -0.05) is 12.1 Å². The Bertz CT molecular complexity index is 1200. The minimum Gasteiger partial charge on any atom is -0.472 e. The van der Waals surface area contributed by atoms with Crippen molar-refractivity contribution in [3.63, 3.8) is 0 Å². The van der Waals surface area contributed by atoms with Crippen LogP contribution in [0.1, 0.15) is 17.0 Å². The first-order chi connectivity index (χ1) is 14.7. The predicted octanol–water partition coefficient (Wildman–Crippen LogP) is 3.90. The molecule has 3 rings (SSSR count). The van der Waals surface area contributed by atoms with Gasteiger partial charge in [0.25, 0.3) is 5.56 Å². The van der Waals surface area contributed by atoms with Gasteiger partial charge < -0.3 is 15.2 Å². The van der Waals surface area contributed by atoms with Crippen molar-refractivity contribution in [3.8, 4) is 11.6 Å². The number of ether oxygens (including phenoxy) is 2. The highest BCUT2D eigenvalue weighted by Gasteiger charge is 2.20. The number of benzene rings is 2. The summed E-state index contributed by atoms with van der Waals surface area (Å²) in [5.74, 6) is -2.59. The molecule has 1 heterocycles. The topological polar surface area (TPSA) is 96.4 Å². The summed E-state index contributed by atoms with van der Waals surface area (Å²) in [6, 6.07) is 6.95. The fourth-order valence-corrected chi connectivity index (χ4v) is 3.19. The molecule has 2 aromatic carbocycles. The van der Waals surface area contributed by atoms with Crippen molar-refractivity contribution >= 4 is 22.0 Å². The van der Waals surface area contributed by atoms with Crippen molar-refractivity contribution in [2.24, 2.45) is 5.73 Å². The maximum atomic E-state index is 14.2. The molecule has 2 N–H and O–H groups in total. The molecule has 31 heavy (non-hydrogen) atoms. The Morgan fingerprint density at radius 3 is 2.45 bits per heavy atom. The summed E-state index contributed by atoms with van der Waals surface area (Å²) < 4.78 is 52.7. The zero-order valence-electron chi connectivity index (χ0n) is 16.0. The first-order valence-corrected chi connectivity index (χ1v) is 9.54. The van der Waals surface area contributed by atoms with E-state index in [1.165, 1.54) is 25.1 Å². The fourth-order valence-electron chi connectivity index (χ4n) is 2.81. The van der Waals surface area contributed by atoms with Gasteiger partial charge in [-0.2, -0.15) is 4.98 Å². The lowest BCUT2D eigenvalue weighted by molar-refractivity contribution is 0.149. The average molecular weight is 498 g/mol. The van der Waals surface area contributed by atoms with Crippen molar-refractivity contribution in [1.29, 1.82) is 0 Å². The molecule has 0 atom stereocenters. The lowest BCUT2D eigenvalue weighted by Gasteiger charge is -2.15. The molecule has 0 aliphatic rings. The number of aryl methyl sites for hydroxylation is 1.